The fraction of sp³-hybridized carbons (Fsp3) is 0.381. The first-order chi connectivity index (χ1) is 13.7. The van der Waals surface area contributed by atoms with Crippen molar-refractivity contribution in [3.8, 4) is 16.9 Å². The summed E-state index contributed by atoms with van der Waals surface area (Å²) in [6, 6.07) is 8.46. The number of halogens is 4. The lowest BCUT2D eigenvalue weighted by Gasteiger charge is -2.30. The summed E-state index contributed by atoms with van der Waals surface area (Å²) >= 11 is 6.28. The van der Waals surface area contributed by atoms with Crippen molar-refractivity contribution in [2.45, 2.75) is 38.0 Å². The second-order valence-corrected chi connectivity index (χ2v) is 7.94. The van der Waals surface area contributed by atoms with Crippen molar-refractivity contribution in [2.24, 2.45) is 13.0 Å². The lowest BCUT2D eigenvalue weighted by molar-refractivity contribution is -0.185. The maximum absolute atomic E-state index is 12.9. The predicted molar refractivity (Wildman–Crippen MR) is 106 cm³/mol. The van der Waals surface area contributed by atoms with Crippen LogP contribution in [0.3, 0.4) is 0 Å². The number of ether oxygens (including phenoxy) is 1. The predicted octanol–water partition coefficient (Wildman–Crippen LogP) is 5.69. The average Bonchev–Trinajstić information content (AvgIpc) is 3.09. The maximum atomic E-state index is 12.9. The molecule has 0 bridgehead atoms. The van der Waals surface area contributed by atoms with Crippen molar-refractivity contribution in [3.63, 3.8) is 0 Å². The minimum atomic E-state index is -4.14. The van der Waals surface area contributed by atoms with Crippen molar-refractivity contribution in [3.05, 3.63) is 51.9 Å². The zero-order chi connectivity index (χ0) is 20.8. The SMILES string of the molecule is Cn1c(=O)ccc2[nH]cc(-c3cc(Cl)cc(OC4CCC(C(F)(F)F)CC4)c3)c21. The van der Waals surface area contributed by atoms with Gasteiger partial charge in [0.25, 0.3) is 5.56 Å². The Balaban J connectivity index is 1.60. The highest BCUT2D eigenvalue weighted by molar-refractivity contribution is 6.31. The minimum Gasteiger partial charge on any atom is -0.490 e. The molecule has 2 heterocycles. The van der Waals surface area contributed by atoms with E-state index >= 15 is 0 Å². The number of nitrogens with zero attached hydrogens (tertiary/aromatic N) is 1. The highest BCUT2D eigenvalue weighted by Crippen LogP contribution is 2.39. The molecule has 1 aromatic carbocycles. The highest BCUT2D eigenvalue weighted by atomic mass is 35.5. The number of H-pyrrole nitrogens is 1. The number of hydrogen-bond donors (Lipinski definition) is 1. The van der Waals surface area contributed by atoms with Gasteiger partial charge in [0.2, 0.25) is 0 Å². The first-order valence-corrected chi connectivity index (χ1v) is 9.81. The van der Waals surface area contributed by atoms with Crippen LogP contribution in [0.15, 0.2) is 41.3 Å². The van der Waals surface area contributed by atoms with E-state index in [1.165, 1.54) is 6.07 Å². The van der Waals surface area contributed by atoms with Crippen LogP contribution in [-0.4, -0.2) is 21.8 Å². The van der Waals surface area contributed by atoms with Crippen molar-refractivity contribution in [1.82, 2.24) is 9.55 Å². The van der Waals surface area contributed by atoms with E-state index in [-0.39, 0.29) is 24.5 Å². The van der Waals surface area contributed by atoms with Gasteiger partial charge in [0.15, 0.2) is 0 Å². The number of benzene rings is 1. The van der Waals surface area contributed by atoms with Gasteiger partial charge in [-0.3, -0.25) is 4.79 Å². The number of nitrogens with one attached hydrogen (secondary N) is 1. The monoisotopic (exact) mass is 424 g/mol. The molecule has 2 aromatic heterocycles. The van der Waals surface area contributed by atoms with Gasteiger partial charge in [-0.1, -0.05) is 11.6 Å². The Morgan fingerprint density at radius 2 is 1.86 bits per heavy atom. The van der Waals surface area contributed by atoms with Gasteiger partial charge < -0.3 is 14.3 Å². The molecule has 0 unspecified atom stereocenters. The quantitative estimate of drug-likeness (QED) is 0.587. The Labute approximate surface area is 170 Å². The minimum absolute atomic E-state index is 0.0755. The summed E-state index contributed by atoms with van der Waals surface area (Å²) in [5, 5.41) is 0.455. The van der Waals surface area contributed by atoms with Crippen LogP contribution in [0, 0.1) is 5.92 Å². The summed E-state index contributed by atoms with van der Waals surface area (Å²) < 4.78 is 46.1. The zero-order valence-electron chi connectivity index (χ0n) is 15.7. The van der Waals surface area contributed by atoms with Crippen LogP contribution >= 0.6 is 11.6 Å². The number of pyridine rings is 1. The fourth-order valence-corrected chi connectivity index (χ4v) is 4.23. The van der Waals surface area contributed by atoms with Crippen molar-refractivity contribution < 1.29 is 17.9 Å². The third kappa shape index (κ3) is 4.01. The molecule has 29 heavy (non-hydrogen) atoms. The van der Waals surface area contributed by atoms with E-state index in [1.807, 2.05) is 6.07 Å². The molecule has 0 atom stereocenters. The molecule has 3 aromatic rings. The lowest BCUT2D eigenvalue weighted by Crippen LogP contribution is -2.31. The molecule has 1 N–H and O–H groups in total. The van der Waals surface area contributed by atoms with Gasteiger partial charge in [0.1, 0.15) is 5.75 Å². The Bertz CT molecular complexity index is 1100. The van der Waals surface area contributed by atoms with Crippen LogP contribution in [0.2, 0.25) is 5.02 Å². The average molecular weight is 425 g/mol. The standard InChI is InChI=1S/C21H20ClF3N2O2/c1-27-19(28)7-6-18-20(27)17(11-26-18)12-8-14(22)10-16(9-12)29-15-4-2-13(3-5-15)21(23,24)25/h6-11,13,15,26H,2-5H2,1H3. The van der Waals surface area contributed by atoms with Gasteiger partial charge in [-0.25, -0.2) is 0 Å². The molecule has 1 fully saturated rings. The Morgan fingerprint density at radius 1 is 1.14 bits per heavy atom. The van der Waals surface area contributed by atoms with E-state index in [2.05, 4.69) is 4.98 Å². The number of hydrogen-bond acceptors (Lipinski definition) is 2. The summed E-state index contributed by atoms with van der Waals surface area (Å²) in [5.74, 6) is -0.733. The largest absolute Gasteiger partial charge is 0.490 e. The molecule has 0 saturated heterocycles. The lowest BCUT2D eigenvalue weighted by atomic mass is 9.87. The number of aryl methyl sites for hydroxylation is 1. The molecule has 1 saturated carbocycles. The normalized spacial score (nSPS) is 20.2. The van der Waals surface area contributed by atoms with E-state index < -0.39 is 12.1 Å². The van der Waals surface area contributed by atoms with Crippen LogP contribution in [0.25, 0.3) is 22.2 Å². The van der Waals surface area contributed by atoms with Gasteiger partial charge in [-0.15, -0.1) is 0 Å². The van der Waals surface area contributed by atoms with Crippen molar-refractivity contribution in [1.29, 1.82) is 0 Å². The van der Waals surface area contributed by atoms with E-state index in [1.54, 1.807) is 36.0 Å². The van der Waals surface area contributed by atoms with Gasteiger partial charge in [0.05, 0.1) is 23.1 Å². The van der Waals surface area contributed by atoms with Crippen LogP contribution in [-0.2, 0) is 7.05 Å². The third-order valence-corrected chi connectivity index (χ3v) is 5.78. The molecule has 0 spiro atoms. The fourth-order valence-electron chi connectivity index (χ4n) is 4.00. The number of aromatic amines is 1. The van der Waals surface area contributed by atoms with E-state index in [0.717, 1.165) is 22.2 Å². The molecule has 8 heteroatoms. The van der Waals surface area contributed by atoms with Crippen LogP contribution in [0.4, 0.5) is 13.2 Å². The molecular weight excluding hydrogens is 405 g/mol. The van der Waals surface area contributed by atoms with Crippen LogP contribution in [0.1, 0.15) is 25.7 Å². The molecule has 4 nitrogen and oxygen atoms in total. The molecule has 1 aliphatic carbocycles. The smallest absolute Gasteiger partial charge is 0.391 e. The van der Waals surface area contributed by atoms with E-state index in [9.17, 15) is 18.0 Å². The number of alkyl halides is 3. The number of aromatic nitrogens is 2. The summed E-state index contributed by atoms with van der Waals surface area (Å²) in [4.78, 5) is 15.2. The molecule has 1 aliphatic rings. The van der Waals surface area contributed by atoms with Crippen molar-refractivity contribution in [2.75, 3.05) is 0 Å². The van der Waals surface area contributed by atoms with Gasteiger partial charge in [0, 0.05) is 29.9 Å². The first-order valence-electron chi connectivity index (χ1n) is 9.44. The van der Waals surface area contributed by atoms with Crippen molar-refractivity contribution >= 4 is 22.6 Å². The molecular formula is C21H20ClF3N2O2. The molecule has 0 amide bonds. The molecule has 154 valence electrons. The summed E-state index contributed by atoms with van der Waals surface area (Å²) in [6.07, 6.45) is -1.75. The summed E-state index contributed by atoms with van der Waals surface area (Å²) in [6.45, 7) is 0. The highest BCUT2D eigenvalue weighted by Gasteiger charge is 2.41. The van der Waals surface area contributed by atoms with Gasteiger partial charge >= 0.3 is 6.18 Å². The van der Waals surface area contributed by atoms with Crippen LogP contribution < -0.4 is 10.3 Å². The Morgan fingerprint density at radius 3 is 2.55 bits per heavy atom. The molecule has 0 aliphatic heterocycles. The Kier molecular flexibility index (Phi) is 5.11. The first kappa shape index (κ1) is 19.9. The van der Waals surface area contributed by atoms with E-state index in [4.69, 9.17) is 16.3 Å². The third-order valence-electron chi connectivity index (χ3n) is 5.56. The van der Waals surface area contributed by atoms with Crippen LogP contribution in [0.5, 0.6) is 5.75 Å². The number of rotatable bonds is 3. The number of fused-ring (bicyclic) bond motifs is 1. The summed E-state index contributed by atoms with van der Waals surface area (Å²) in [7, 11) is 1.70. The Hall–Kier alpha value is -2.41. The zero-order valence-corrected chi connectivity index (χ0v) is 16.5. The second-order valence-electron chi connectivity index (χ2n) is 7.50. The topological polar surface area (TPSA) is 47.0 Å². The molecule has 4 rings (SSSR count). The summed E-state index contributed by atoms with van der Waals surface area (Å²) in [5.41, 5.74) is 3.00. The van der Waals surface area contributed by atoms with E-state index in [0.29, 0.717) is 23.6 Å². The van der Waals surface area contributed by atoms with Gasteiger partial charge in [-0.05, 0) is 55.5 Å². The maximum Gasteiger partial charge on any atom is 0.391 e. The molecule has 0 radical (unpaired) electrons. The second kappa shape index (κ2) is 7.44. The van der Waals surface area contributed by atoms with Gasteiger partial charge in [-0.2, -0.15) is 13.2 Å².